The Morgan fingerprint density at radius 2 is 1.64 bits per heavy atom. The third kappa shape index (κ3) is 5.47. The highest BCUT2D eigenvalue weighted by Crippen LogP contribution is 2.26. The molecule has 0 unspecified atom stereocenters. The summed E-state index contributed by atoms with van der Waals surface area (Å²) in [5.41, 5.74) is 2.33. The third-order valence-corrected chi connectivity index (χ3v) is 5.98. The third-order valence-electron chi connectivity index (χ3n) is 5.98. The summed E-state index contributed by atoms with van der Waals surface area (Å²) in [6.45, 7) is 2.52. The summed E-state index contributed by atoms with van der Waals surface area (Å²) in [4.78, 5) is 29.1. The maximum atomic E-state index is 12.4. The Kier molecular flexibility index (Phi) is 7.31. The molecule has 1 aliphatic carbocycles. The number of benzene rings is 1. The van der Waals surface area contributed by atoms with Gasteiger partial charge in [0.05, 0.1) is 6.04 Å². The second-order valence-corrected chi connectivity index (χ2v) is 8.26. The van der Waals surface area contributed by atoms with Crippen LogP contribution in [0.15, 0.2) is 24.3 Å². The highest BCUT2D eigenvalue weighted by atomic mass is 16.2. The van der Waals surface area contributed by atoms with E-state index in [0.29, 0.717) is 6.54 Å². The van der Waals surface area contributed by atoms with Crippen molar-refractivity contribution in [2.24, 2.45) is 0 Å². The predicted molar refractivity (Wildman–Crippen MR) is 112 cm³/mol. The van der Waals surface area contributed by atoms with Gasteiger partial charge in [-0.2, -0.15) is 0 Å². The number of hydrogen-bond donors (Lipinski definition) is 2. The SMILES string of the molecule is CN(C)c1ccc([C@@H](CNC(=O)C(=O)NC2CCCCC2)N2CCCC2)cc1. The fourth-order valence-electron chi connectivity index (χ4n) is 4.27. The Morgan fingerprint density at radius 1 is 1.00 bits per heavy atom. The smallest absolute Gasteiger partial charge is 0.309 e. The quantitative estimate of drug-likeness (QED) is 0.737. The molecule has 1 atom stereocenters. The van der Waals surface area contributed by atoms with Crippen LogP contribution < -0.4 is 15.5 Å². The fourth-order valence-corrected chi connectivity index (χ4v) is 4.27. The van der Waals surface area contributed by atoms with Gasteiger partial charge in [-0.15, -0.1) is 0 Å². The molecule has 6 nitrogen and oxygen atoms in total. The lowest BCUT2D eigenvalue weighted by Gasteiger charge is -2.29. The number of rotatable bonds is 6. The van der Waals surface area contributed by atoms with Gasteiger partial charge in [0.15, 0.2) is 0 Å². The lowest BCUT2D eigenvalue weighted by atomic mass is 9.95. The molecule has 1 aromatic carbocycles. The summed E-state index contributed by atoms with van der Waals surface area (Å²) in [7, 11) is 4.05. The van der Waals surface area contributed by atoms with Gasteiger partial charge >= 0.3 is 11.8 Å². The number of nitrogens with one attached hydrogen (secondary N) is 2. The zero-order chi connectivity index (χ0) is 19.9. The average molecular weight is 387 g/mol. The summed E-state index contributed by atoms with van der Waals surface area (Å²) in [5, 5.41) is 5.78. The van der Waals surface area contributed by atoms with Crippen molar-refractivity contribution in [3.05, 3.63) is 29.8 Å². The number of carbonyl (C=O) groups excluding carboxylic acids is 2. The summed E-state index contributed by atoms with van der Waals surface area (Å²) in [6.07, 6.45) is 7.81. The van der Waals surface area contributed by atoms with Crippen molar-refractivity contribution in [1.82, 2.24) is 15.5 Å². The van der Waals surface area contributed by atoms with Crippen molar-refractivity contribution >= 4 is 17.5 Å². The van der Waals surface area contributed by atoms with E-state index in [1.165, 1.54) is 24.8 Å². The van der Waals surface area contributed by atoms with Crippen LogP contribution in [0.3, 0.4) is 0 Å². The summed E-state index contributed by atoms with van der Waals surface area (Å²) in [5.74, 6) is -1.00. The second-order valence-electron chi connectivity index (χ2n) is 8.26. The normalized spacial score (nSPS) is 19.2. The lowest BCUT2D eigenvalue weighted by Crippen LogP contribution is -2.47. The van der Waals surface area contributed by atoms with Crippen molar-refractivity contribution in [3.8, 4) is 0 Å². The minimum Gasteiger partial charge on any atom is -0.378 e. The zero-order valence-corrected chi connectivity index (χ0v) is 17.2. The van der Waals surface area contributed by atoms with Crippen LogP contribution in [0.4, 0.5) is 5.69 Å². The molecule has 2 amide bonds. The average Bonchev–Trinajstić information content (AvgIpc) is 3.23. The largest absolute Gasteiger partial charge is 0.378 e. The Labute approximate surface area is 168 Å². The molecule has 1 aromatic rings. The standard InChI is InChI=1S/C22H34N4O2/c1-25(2)19-12-10-17(11-13-19)20(26-14-6-7-15-26)16-23-21(27)22(28)24-18-8-4-3-5-9-18/h10-13,18,20H,3-9,14-16H2,1-2H3,(H,23,27)(H,24,28)/t20-/m1/s1. The van der Waals surface area contributed by atoms with Gasteiger partial charge in [-0.3, -0.25) is 14.5 Å². The summed E-state index contributed by atoms with van der Waals surface area (Å²) >= 11 is 0. The molecule has 6 heteroatoms. The number of amides is 2. The van der Waals surface area contributed by atoms with Gasteiger partial charge in [0, 0.05) is 32.4 Å². The van der Waals surface area contributed by atoms with E-state index in [0.717, 1.165) is 44.5 Å². The molecule has 0 bridgehead atoms. The van der Waals surface area contributed by atoms with Crippen molar-refractivity contribution in [2.75, 3.05) is 38.6 Å². The first-order valence-corrected chi connectivity index (χ1v) is 10.6. The Balaban J connectivity index is 1.59. The maximum Gasteiger partial charge on any atom is 0.309 e. The molecule has 1 saturated carbocycles. The van der Waals surface area contributed by atoms with Gasteiger partial charge < -0.3 is 15.5 Å². The van der Waals surface area contributed by atoms with Gasteiger partial charge in [-0.1, -0.05) is 31.4 Å². The van der Waals surface area contributed by atoms with E-state index < -0.39 is 11.8 Å². The molecule has 2 aliphatic rings. The Bertz CT molecular complexity index is 647. The second kappa shape index (κ2) is 9.92. The molecule has 1 saturated heterocycles. The number of likely N-dealkylation sites (tertiary alicyclic amines) is 1. The van der Waals surface area contributed by atoms with Crippen LogP contribution in [0, 0.1) is 0 Å². The minimum atomic E-state index is -0.514. The summed E-state index contributed by atoms with van der Waals surface area (Å²) < 4.78 is 0. The lowest BCUT2D eigenvalue weighted by molar-refractivity contribution is -0.139. The predicted octanol–water partition coefficient (Wildman–Crippen LogP) is 2.45. The van der Waals surface area contributed by atoms with Gasteiger partial charge in [0.25, 0.3) is 0 Å². The molecule has 1 aliphatic heterocycles. The van der Waals surface area contributed by atoms with Crippen LogP contribution in [-0.4, -0.2) is 56.5 Å². The fraction of sp³-hybridized carbons (Fsp3) is 0.636. The van der Waals surface area contributed by atoms with Gasteiger partial charge in [-0.05, 0) is 56.5 Å². The van der Waals surface area contributed by atoms with Crippen LogP contribution >= 0.6 is 0 Å². The first kappa shape index (κ1) is 20.6. The topological polar surface area (TPSA) is 64.7 Å². The molecule has 0 aromatic heterocycles. The first-order chi connectivity index (χ1) is 13.5. The maximum absolute atomic E-state index is 12.4. The molecule has 0 spiro atoms. The van der Waals surface area contributed by atoms with Crippen LogP contribution in [0.1, 0.15) is 56.6 Å². The number of carbonyl (C=O) groups is 2. The number of anilines is 1. The molecule has 2 N–H and O–H groups in total. The van der Waals surface area contributed by atoms with E-state index in [9.17, 15) is 9.59 Å². The molecular formula is C22H34N4O2. The van der Waals surface area contributed by atoms with E-state index in [4.69, 9.17) is 0 Å². The van der Waals surface area contributed by atoms with E-state index >= 15 is 0 Å². The van der Waals surface area contributed by atoms with E-state index in [2.05, 4.69) is 44.7 Å². The van der Waals surface area contributed by atoms with Crippen LogP contribution in [0.2, 0.25) is 0 Å². The van der Waals surface area contributed by atoms with E-state index in [-0.39, 0.29) is 12.1 Å². The first-order valence-electron chi connectivity index (χ1n) is 10.6. The zero-order valence-electron chi connectivity index (χ0n) is 17.2. The van der Waals surface area contributed by atoms with Gasteiger partial charge in [0.2, 0.25) is 0 Å². The molecule has 0 radical (unpaired) electrons. The van der Waals surface area contributed by atoms with Crippen molar-refractivity contribution < 1.29 is 9.59 Å². The highest BCUT2D eigenvalue weighted by Gasteiger charge is 2.26. The van der Waals surface area contributed by atoms with Gasteiger partial charge in [0.1, 0.15) is 0 Å². The summed E-state index contributed by atoms with van der Waals surface area (Å²) in [6, 6.07) is 8.73. The van der Waals surface area contributed by atoms with Crippen LogP contribution in [-0.2, 0) is 9.59 Å². The molecule has 154 valence electrons. The molecule has 28 heavy (non-hydrogen) atoms. The molecule has 2 fully saturated rings. The number of hydrogen-bond acceptors (Lipinski definition) is 4. The molecule has 1 heterocycles. The molecular weight excluding hydrogens is 352 g/mol. The Hall–Kier alpha value is -2.08. The van der Waals surface area contributed by atoms with E-state index in [1.807, 2.05) is 14.1 Å². The minimum absolute atomic E-state index is 0.102. The van der Waals surface area contributed by atoms with Crippen molar-refractivity contribution in [1.29, 1.82) is 0 Å². The van der Waals surface area contributed by atoms with Gasteiger partial charge in [-0.25, -0.2) is 0 Å². The molecule has 3 rings (SSSR count). The monoisotopic (exact) mass is 386 g/mol. The van der Waals surface area contributed by atoms with E-state index in [1.54, 1.807) is 0 Å². The number of nitrogens with zero attached hydrogens (tertiary/aromatic N) is 2. The van der Waals surface area contributed by atoms with Crippen molar-refractivity contribution in [3.63, 3.8) is 0 Å². The Morgan fingerprint density at radius 3 is 2.25 bits per heavy atom. The van der Waals surface area contributed by atoms with Crippen LogP contribution in [0.25, 0.3) is 0 Å². The van der Waals surface area contributed by atoms with Crippen LogP contribution in [0.5, 0.6) is 0 Å². The van der Waals surface area contributed by atoms with Crippen molar-refractivity contribution in [2.45, 2.75) is 57.0 Å². The highest BCUT2D eigenvalue weighted by molar-refractivity contribution is 6.35.